The van der Waals surface area contributed by atoms with Gasteiger partial charge in [-0.25, -0.2) is 4.90 Å². The minimum absolute atomic E-state index is 0.0827. The van der Waals surface area contributed by atoms with Crippen LogP contribution in [-0.4, -0.2) is 40.6 Å². The number of aromatic hydroxyl groups is 1. The average Bonchev–Trinajstić information content (AvgIpc) is 3.32. The molecule has 0 aromatic heterocycles. The zero-order valence-corrected chi connectivity index (χ0v) is 18.7. The molecule has 3 aromatic rings. The molecule has 2 aliphatic heterocycles. The summed E-state index contributed by atoms with van der Waals surface area (Å²) < 4.78 is 5.15. The molecule has 2 aliphatic rings. The molecule has 0 unspecified atom stereocenters. The lowest BCUT2D eigenvalue weighted by atomic mass is 9.78. The number of methoxy groups -OCH3 is 1. The first kappa shape index (κ1) is 21.9. The van der Waals surface area contributed by atoms with Crippen LogP contribution in [0.5, 0.6) is 11.5 Å². The highest BCUT2D eigenvalue weighted by atomic mass is 16.5. The van der Waals surface area contributed by atoms with Gasteiger partial charge in [-0.05, 0) is 23.9 Å². The van der Waals surface area contributed by atoms with Crippen molar-refractivity contribution in [2.75, 3.05) is 12.0 Å². The highest BCUT2D eigenvalue weighted by molar-refractivity contribution is 6.26. The quantitative estimate of drug-likeness (QED) is 0.501. The number of phenolic OH excluding ortho intramolecular Hbond substituents is 1. The molecule has 0 spiro atoms. The number of rotatable bonds is 5. The number of fused-ring (bicyclic) bond motifs is 2. The Kier molecular flexibility index (Phi) is 5.06. The number of hydrogen-bond donors (Lipinski definition) is 3. The Balaban J connectivity index is 1.68. The lowest BCUT2D eigenvalue weighted by Gasteiger charge is -2.30. The maximum Gasteiger partial charge on any atom is 0.324 e. The van der Waals surface area contributed by atoms with E-state index in [1.807, 2.05) is 30.3 Å². The molecule has 8 heteroatoms. The molecular weight excluding hydrogens is 436 g/mol. The van der Waals surface area contributed by atoms with Gasteiger partial charge in [0.2, 0.25) is 11.8 Å². The lowest BCUT2D eigenvalue weighted by molar-refractivity contribution is -0.149. The molecular formula is C26H24N2O6. The third kappa shape index (κ3) is 2.92. The van der Waals surface area contributed by atoms with E-state index in [1.54, 1.807) is 31.2 Å². The molecule has 4 atom stereocenters. The third-order valence-electron chi connectivity index (χ3n) is 7.17. The van der Waals surface area contributed by atoms with Crippen molar-refractivity contribution >= 4 is 34.2 Å². The van der Waals surface area contributed by atoms with Crippen molar-refractivity contribution in [3.8, 4) is 11.5 Å². The number of aliphatic carboxylic acids is 1. The minimum Gasteiger partial charge on any atom is -0.507 e. The van der Waals surface area contributed by atoms with Crippen LogP contribution in [0.1, 0.15) is 24.9 Å². The first-order valence-electron chi connectivity index (χ1n) is 11.1. The van der Waals surface area contributed by atoms with Crippen molar-refractivity contribution in [1.82, 2.24) is 5.32 Å². The molecule has 2 fully saturated rings. The van der Waals surface area contributed by atoms with Crippen LogP contribution in [0, 0.1) is 11.8 Å². The predicted molar refractivity (Wildman–Crippen MR) is 125 cm³/mol. The van der Waals surface area contributed by atoms with Crippen molar-refractivity contribution in [1.29, 1.82) is 0 Å². The van der Waals surface area contributed by atoms with E-state index in [1.165, 1.54) is 13.2 Å². The molecule has 0 saturated carbocycles. The summed E-state index contributed by atoms with van der Waals surface area (Å²) in [6, 6.07) is 16.5. The SMILES string of the molecule is CC[C@]1(C(=O)O)N[C@H](c2ccc(OC)cc2O)[C@H]2C(=O)N(c3cccc4ccccc34)C(=O)[C@@H]21. The second kappa shape index (κ2) is 7.85. The number of nitrogens with one attached hydrogen (secondary N) is 1. The van der Waals surface area contributed by atoms with Crippen molar-refractivity contribution in [2.24, 2.45) is 11.8 Å². The largest absolute Gasteiger partial charge is 0.507 e. The Labute approximate surface area is 195 Å². The summed E-state index contributed by atoms with van der Waals surface area (Å²) in [5.41, 5.74) is -0.891. The second-order valence-corrected chi connectivity index (χ2v) is 8.69. The van der Waals surface area contributed by atoms with E-state index in [-0.39, 0.29) is 12.2 Å². The Morgan fingerprint density at radius 2 is 1.82 bits per heavy atom. The Bertz CT molecular complexity index is 1330. The van der Waals surface area contributed by atoms with Crippen molar-refractivity contribution in [2.45, 2.75) is 24.9 Å². The number of ether oxygens (including phenoxy) is 1. The van der Waals surface area contributed by atoms with Crippen molar-refractivity contribution in [3.05, 3.63) is 66.2 Å². The number of hydrogen-bond acceptors (Lipinski definition) is 6. The first-order chi connectivity index (χ1) is 16.3. The number of carbonyl (C=O) groups is 3. The van der Waals surface area contributed by atoms with E-state index in [4.69, 9.17) is 4.74 Å². The number of imide groups is 1. The monoisotopic (exact) mass is 460 g/mol. The lowest BCUT2D eigenvalue weighted by Crippen LogP contribution is -2.55. The second-order valence-electron chi connectivity index (χ2n) is 8.69. The minimum atomic E-state index is -1.66. The standard InChI is InChI=1S/C26H24N2O6/c1-3-26(25(32)33)21-20(22(27-26)17-12-11-15(34-2)13-19(17)29)23(30)28(24(21)31)18-10-6-8-14-7-4-5-9-16(14)18/h4-13,20-22,27,29H,3H2,1-2H3,(H,32,33)/t20-,21+,22+,26-/m0/s1. The summed E-state index contributed by atoms with van der Waals surface area (Å²) in [5.74, 6) is -4.11. The van der Waals surface area contributed by atoms with E-state index in [9.17, 15) is 24.6 Å². The van der Waals surface area contributed by atoms with E-state index in [0.29, 0.717) is 17.0 Å². The van der Waals surface area contributed by atoms with E-state index >= 15 is 0 Å². The number of benzene rings is 3. The summed E-state index contributed by atoms with van der Waals surface area (Å²) >= 11 is 0. The predicted octanol–water partition coefficient (Wildman–Crippen LogP) is 3.24. The van der Waals surface area contributed by atoms with Gasteiger partial charge in [-0.2, -0.15) is 0 Å². The molecule has 2 amide bonds. The highest BCUT2D eigenvalue weighted by Crippen LogP contribution is 2.52. The van der Waals surface area contributed by atoms with Crippen LogP contribution in [0.15, 0.2) is 60.7 Å². The van der Waals surface area contributed by atoms with Crippen LogP contribution in [-0.2, 0) is 14.4 Å². The van der Waals surface area contributed by atoms with Gasteiger partial charge in [0.05, 0.1) is 24.6 Å². The van der Waals surface area contributed by atoms with Crippen LogP contribution >= 0.6 is 0 Å². The molecule has 174 valence electrons. The average molecular weight is 460 g/mol. The number of amides is 2. The Morgan fingerprint density at radius 1 is 1.09 bits per heavy atom. The van der Waals surface area contributed by atoms with Crippen LogP contribution in [0.25, 0.3) is 10.8 Å². The fourth-order valence-corrected chi connectivity index (χ4v) is 5.50. The zero-order valence-electron chi connectivity index (χ0n) is 18.7. The first-order valence-corrected chi connectivity index (χ1v) is 11.1. The Morgan fingerprint density at radius 3 is 2.50 bits per heavy atom. The molecule has 0 bridgehead atoms. The molecule has 0 radical (unpaired) electrons. The molecule has 8 nitrogen and oxygen atoms in total. The Hall–Kier alpha value is -3.91. The fourth-order valence-electron chi connectivity index (χ4n) is 5.50. The molecule has 0 aliphatic carbocycles. The van der Waals surface area contributed by atoms with Gasteiger partial charge in [0, 0.05) is 23.1 Å². The van der Waals surface area contributed by atoms with Gasteiger partial charge in [-0.1, -0.05) is 49.4 Å². The third-order valence-corrected chi connectivity index (χ3v) is 7.17. The number of carboxylic acid groups (broad SMARTS) is 1. The number of anilines is 1. The molecule has 5 rings (SSSR count). The maximum absolute atomic E-state index is 13.9. The zero-order chi connectivity index (χ0) is 24.2. The van der Waals surface area contributed by atoms with Gasteiger partial charge in [0.1, 0.15) is 17.0 Å². The molecule has 3 N–H and O–H groups in total. The highest BCUT2D eigenvalue weighted by Gasteiger charge is 2.68. The van der Waals surface area contributed by atoms with Crippen LogP contribution in [0.2, 0.25) is 0 Å². The molecule has 3 aromatic carbocycles. The van der Waals surface area contributed by atoms with Gasteiger partial charge >= 0.3 is 5.97 Å². The van der Waals surface area contributed by atoms with Gasteiger partial charge in [-0.3, -0.25) is 19.7 Å². The summed E-state index contributed by atoms with van der Waals surface area (Å²) in [6.45, 7) is 1.67. The number of nitrogens with zero attached hydrogens (tertiary/aromatic N) is 1. The number of carbonyl (C=O) groups excluding carboxylic acids is 2. The molecule has 2 heterocycles. The van der Waals surface area contributed by atoms with E-state index in [0.717, 1.165) is 15.7 Å². The van der Waals surface area contributed by atoms with Gasteiger partial charge in [0.15, 0.2) is 0 Å². The van der Waals surface area contributed by atoms with Gasteiger partial charge < -0.3 is 14.9 Å². The number of phenols is 1. The molecule has 2 saturated heterocycles. The van der Waals surface area contributed by atoms with Crippen molar-refractivity contribution in [3.63, 3.8) is 0 Å². The summed E-state index contributed by atoms with van der Waals surface area (Å²) in [4.78, 5) is 41.3. The van der Waals surface area contributed by atoms with Crippen LogP contribution in [0.3, 0.4) is 0 Å². The van der Waals surface area contributed by atoms with Crippen LogP contribution in [0.4, 0.5) is 5.69 Å². The fraction of sp³-hybridized carbons (Fsp3) is 0.269. The normalized spacial score (nSPS) is 26.2. The van der Waals surface area contributed by atoms with Gasteiger partial charge in [0.25, 0.3) is 0 Å². The summed E-state index contributed by atoms with van der Waals surface area (Å²) in [5, 5.41) is 25.6. The van der Waals surface area contributed by atoms with E-state index < -0.39 is 41.2 Å². The van der Waals surface area contributed by atoms with Gasteiger partial charge in [-0.15, -0.1) is 0 Å². The summed E-state index contributed by atoms with van der Waals surface area (Å²) in [7, 11) is 1.46. The maximum atomic E-state index is 13.9. The summed E-state index contributed by atoms with van der Waals surface area (Å²) in [6.07, 6.45) is 0.0827. The van der Waals surface area contributed by atoms with Crippen LogP contribution < -0.4 is 15.0 Å². The topological polar surface area (TPSA) is 116 Å². The van der Waals surface area contributed by atoms with Crippen molar-refractivity contribution < 1.29 is 29.3 Å². The smallest absolute Gasteiger partial charge is 0.324 e. The molecule has 34 heavy (non-hydrogen) atoms. The number of carboxylic acids is 1. The van der Waals surface area contributed by atoms with E-state index in [2.05, 4.69) is 5.32 Å².